The van der Waals surface area contributed by atoms with Crippen LogP contribution in [-0.2, 0) is 22.6 Å². The third-order valence-electron chi connectivity index (χ3n) is 8.33. The van der Waals surface area contributed by atoms with Gasteiger partial charge in [0.05, 0.1) is 25.8 Å². The van der Waals surface area contributed by atoms with Crippen molar-refractivity contribution in [3.63, 3.8) is 0 Å². The van der Waals surface area contributed by atoms with E-state index in [9.17, 15) is 14.4 Å². The number of carbonyl (C=O) groups excluding carboxylic acids is 3. The third-order valence-corrected chi connectivity index (χ3v) is 8.33. The molecule has 0 radical (unpaired) electrons. The zero-order valence-electron chi connectivity index (χ0n) is 26.1. The van der Waals surface area contributed by atoms with E-state index in [1.807, 2.05) is 43.3 Å². The van der Waals surface area contributed by atoms with Crippen molar-refractivity contribution in [2.24, 2.45) is 0 Å². The lowest BCUT2D eigenvalue weighted by Crippen LogP contribution is -2.58. The lowest BCUT2D eigenvalue weighted by molar-refractivity contribution is -0.125. The molecule has 0 aliphatic carbocycles. The Morgan fingerprint density at radius 3 is 2.63 bits per heavy atom. The molecule has 240 valence electrons. The molecule has 2 N–H and O–H groups in total. The highest BCUT2D eigenvalue weighted by Gasteiger charge is 2.35. The summed E-state index contributed by atoms with van der Waals surface area (Å²) in [5.74, 6) is 2.02. The monoisotopic (exact) mass is 627 g/mol. The fourth-order valence-electron chi connectivity index (χ4n) is 5.97. The summed E-state index contributed by atoms with van der Waals surface area (Å²) < 4.78 is 29.3. The highest BCUT2D eigenvalue weighted by atomic mass is 16.5. The predicted molar refractivity (Wildman–Crippen MR) is 169 cm³/mol. The van der Waals surface area contributed by atoms with Gasteiger partial charge >= 0.3 is 0 Å². The van der Waals surface area contributed by atoms with Gasteiger partial charge in [0.2, 0.25) is 5.91 Å². The van der Waals surface area contributed by atoms with Gasteiger partial charge in [-0.15, -0.1) is 0 Å². The molecule has 7 rings (SSSR count). The molecule has 46 heavy (non-hydrogen) atoms. The fraction of sp³-hybridized carbons (Fsp3) is 0.343. The molecule has 11 heteroatoms. The molecule has 1 saturated heterocycles. The highest BCUT2D eigenvalue weighted by Crippen LogP contribution is 2.31. The van der Waals surface area contributed by atoms with Crippen molar-refractivity contribution < 1.29 is 37.7 Å². The minimum absolute atomic E-state index is 0.111. The molecule has 1 fully saturated rings. The lowest BCUT2D eigenvalue weighted by atomic mass is 10.00. The Balaban J connectivity index is 1.28. The molecule has 2 atom stereocenters. The van der Waals surface area contributed by atoms with Crippen LogP contribution in [-0.4, -0.2) is 68.7 Å². The standard InChI is InChI=1S/C35H37N3O8/c1-21-15-23-5-4-6-26(34(23)45-21)35(41)38-14-13-28-27(19-38)37-33(40)20-44-31-16-22(7-11-29(31)42-2)8-12-32(39)36-18-24-9-10-25(46-28)17-30(24)43-3/h4-7,9-11,15-17,27-28H,8,12-14,18-20H2,1-3H3,(H,36,39)(H,37,40)/t27-,28+/m1/s1. The number of nitrogens with zero attached hydrogens (tertiary/aromatic N) is 1. The summed E-state index contributed by atoms with van der Waals surface area (Å²) >= 11 is 0. The zero-order valence-corrected chi connectivity index (χ0v) is 26.1. The Hall–Kier alpha value is -5.19. The number of fused-ring (bicyclic) bond motifs is 10. The molecule has 3 amide bonds. The van der Waals surface area contributed by atoms with Gasteiger partial charge in [-0.25, -0.2) is 0 Å². The fourth-order valence-corrected chi connectivity index (χ4v) is 5.97. The number of hydrogen-bond acceptors (Lipinski definition) is 8. The molecule has 3 aliphatic heterocycles. The number of carbonyl (C=O) groups is 3. The number of methoxy groups -OCH3 is 2. The molecule has 0 spiro atoms. The summed E-state index contributed by atoms with van der Waals surface area (Å²) in [5.41, 5.74) is 2.67. The van der Waals surface area contributed by atoms with Crippen molar-refractivity contribution in [2.75, 3.05) is 33.9 Å². The summed E-state index contributed by atoms with van der Waals surface area (Å²) in [6.45, 7) is 2.48. The Morgan fingerprint density at radius 1 is 0.957 bits per heavy atom. The number of benzene rings is 3. The van der Waals surface area contributed by atoms with Crippen molar-refractivity contribution in [2.45, 2.75) is 44.9 Å². The van der Waals surface area contributed by atoms with E-state index >= 15 is 0 Å². The number of amides is 3. The summed E-state index contributed by atoms with van der Waals surface area (Å²) in [5, 5.41) is 6.86. The first kappa shape index (κ1) is 30.8. The average molecular weight is 628 g/mol. The van der Waals surface area contributed by atoms with E-state index in [0.717, 1.165) is 22.3 Å². The molecule has 4 heterocycles. The van der Waals surface area contributed by atoms with Gasteiger partial charge in [-0.05, 0) is 55.3 Å². The Bertz CT molecular complexity index is 1770. The molecule has 4 aromatic rings. The lowest BCUT2D eigenvalue weighted by Gasteiger charge is -2.39. The number of rotatable bonds is 3. The van der Waals surface area contributed by atoms with Gasteiger partial charge in [0.15, 0.2) is 18.1 Å². The number of ether oxygens (including phenoxy) is 4. The number of hydrogen-bond donors (Lipinski definition) is 2. The second kappa shape index (κ2) is 13.4. The predicted octanol–water partition coefficient (Wildman–Crippen LogP) is 4.18. The van der Waals surface area contributed by atoms with E-state index in [-0.39, 0.29) is 37.3 Å². The van der Waals surface area contributed by atoms with Crippen LogP contribution >= 0.6 is 0 Å². The Morgan fingerprint density at radius 2 is 1.80 bits per heavy atom. The van der Waals surface area contributed by atoms with Gasteiger partial charge in [0.1, 0.15) is 28.9 Å². The molecule has 3 aliphatic rings. The van der Waals surface area contributed by atoms with Crippen molar-refractivity contribution in [3.05, 3.63) is 83.1 Å². The number of furan rings is 1. The summed E-state index contributed by atoms with van der Waals surface area (Å²) in [7, 11) is 3.09. The van der Waals surface area contributed by atoms with E-state index in [4.69, 9.17) is 23.4 Å². The van der Waals surface area contributed by atoms with E-state index in [1.54, 1.807) is 36.3 Å². The Labute approximate surface area is 266 Å². The topological polar surface area (TPSA) is 129 Å². The molecule has 4 bridgehead atoms. The number of piperidine rings is 1. The number of aryl methyl sites for hydroxylation is 2. The van der Waals surface area contributed by atoms with Crippen molar-refractivity contribution in [1.29, 1.82) is 0 Å². The van der Waals surface area contributed by atoms with Crippen molar-refractivity contribution in [1.82, 2.24) is 15.5 Å². The van der Waals surface area contributed by atoms with Crippen LogP contribution in [0.5, 0.6) is 23.0 Å². The van der Waals surface area contributed by atoms with E-state index in [0.29, 0.717) is 60.1 Å². The summed E-state index contributed by atoms with van der Waals surface area (Å²) in [6.07, 6.45) is 0.745. The maximum atomic E-state index is 13.8. The molecular weight excluding hydrogens is 590 g/mol. The van der Waals surface area contributed by atoms with Gasteiger partial charge in [-0.3, -0.25) is 14.4 Å². The number of nitrogens with one attached hydrogen (secondary N) is 2. The first-order chi connectivity index (χ1) is 22.3. The maximum Gasteiger partial charge on any atom is 0.258 e. The van der Waals surface area contributed by atoms with Gasteiger partial charge in [0, 0.05) is 49.5 Å². The SMILES string of the molecule is COc1cc2ccc1CNC(=O)CCc1ccc(OC)c(c1)OCC(=O)N[C@@H]1CN(C(=O)c3cccc4cc(C)oc34)CC[C@@H]1O2. The van der Waals surface area contributed by atoms with Crippen LogP contribution in [0.25, 0.3) is 11.0 Å². The Kier molecular flexibility index (Phi) is 9.00. The number of likely N-dealkylation sites (tertiary alicyclic amines) is 1. The van der Waals surface area contributed by atoms with E-state index < -0.39 is 12.1 Å². The second-order valence-electron chi connectivity index (χ2n) is 11.5. The van der Waals surface area contributed by atoms with Gasteiger partial charge < -0.3 is 38.9 Å². The van der Waals surface area contributed by atoms with E-state index in [1.165, 1.54) is 7.11 Å². The third kappa shape index (κ3) is 6.73. The summed E-state index contributed by atoms with van der Waals surface area (Å²) in [4.78, 5) is 41.5. The van der Waals surface area contributed by atoms with Crippen molar-refractivity contribution in [3.8, 4) is 23.0 Å². The zero-order chi connectivity index (χ0) is 32.2. The van der Waals surface area contributed by atoms with Crippen LogP contribution in [0.1, 0.15) is 40.1 Å². The highest BCUT2D eigenvalue weighted by molar-refractivity contribution is 6.05. The van der Waals surface area contributed by atoms with Crippen molar-refractivity contribution >= 4 is 28.7 Å². The first-order valence-electron chi connectivity index (χ1n) is 15.3. The normalized spacial score (nSPS) is 19.0. The van der Waals surface area contributed by atoms with Gasteiger partial charge in [-0.1, -0.05) is 18.2 Å². The average Bonchev–Trinajstić information content (AvgIpc) is 3.46. The number of para-hydroxylation sites is 1. The quantitative estimate of drug-likeness (QED) is 0.346. The molecule has 0 unspecified atom stereocenters. The van der Waals surface area contributed by atoms with Gasteiger partial charge in [0.25, 0.3) is 11.8 Å². The van der Waals surface area contributed by atoms with Crippen LogP contribution in [0, 0.1) is 6.92 Å². The maximum absolute atomic E-state index is 13.8. The molecule has 3 aromatic carbocycles. The summed E-state index contributed by atoms with van der Waals surface area (Å²) in [6, 6.07) is 17.7. The molecule has 1 aromatic heterocycles. The van der Waals surface area contributed by atoms with Crippen LogP contribution in [0.2, 0.25) is 0 Å². The van der Waals surface area contributed by atoms with Crippen LogP contribution in [0.3, 0.4) is 0 Å². The van der Waals surface area contributed by atoms with Crippen LogP contribution in [0.4, 0.5) is 0 Å². The largest absolute Gasteiger partial charge is 0.496 e. The molecule has 0 saturated carbocycles. The minimum Gasteiger partial charge on any atom is -0.496 e. The van der Waals surface area contributed by atoms with E-state index in [2.05, 4.69) is 10.6 Å². The molecular formula is C35H37N3O8. The van der Waals surface area contributed by atoms with Crippen LogP contribution < -0.4 is 29.6 Å². The molecule has 11 nitrogen and oxygen atoms in total. The smallest absolute Gasteiger partial charge is 0.258 e. The van der Waals surface area contributed by atoms with Crippen LogP contribution in [0.15, 0.2) is 65.1 Å². The second-order valence-corrected chi connectivity index (χ2v) is 11.5. The van der Waals surface area contributed by atoms with Gasteiger partial charge in [-0.2, -0.15) is 0 Å². The first-order valence-corrected chi connectivity index (χ1v) is 15.3. The minimum atomic E-state index is -0.549.